The lowest BCUT2D eigenvalue weighted by atomic mass is 9.99. The third kappa shape index (κ3) is 4.18. The summed E-state index contributed by atoms with van der Waals surface area (Å²) in [6, 6.07) is 16.9. The van der Waals surface area contributed by atoms with E-state index in [1.807, 2.05) is 30.6 Å². The van der Waals surface area contributed by atoms with E-state index in [9.17, 15) is 0 Å². The van der Waals surface area contributed by atoms with E-state index >= 15 is 0 Å². The Morgan fingerprint density at radius 1 is 1.00 bits per heavy atom. The third-order valence-corrected chi connectivity index (χ3v) is 3.24. The summed E-state index contributed by atoms with van der Waals surface area (Å²) in [5.41, 5.74) is 2.46. The van der Waals surface area contributed by atoms with Crippen LogP contribution in [0.1, 0.15) is 36.4 Å². The summed E-state index contributed by atoms with van der Waals surface area (Å²) in [6.45, 7) is 0.906. The van der Waals surface area contributed by atoms with Crippen LogP contribution in [0, 0.1) is 11.3 Å². The normalized spacial score (nSPS) is 11.8. The molecule has 1 heterocycles. The van der Waals surface area contributed by atoms with Crippen molar-refractivity contribution in [3.05, 3.63) is 66.0 Å². The number of nitriles is 1. The highest BCUT2D eigenvalue weighted by Crippen LogP contribution is 2.21. The van der Waals surface area contributed by atoms with Gasteiger partial charge in [0.25, 0.3) is 0 Å². The smallest absolute Gasteiger partial charge is 0.0621 e. The van der Waals surface area contributed by atoms with Crippen LogP contribution in [0.5, 0.6) is 0 Å². The molecule has 3 nitrogen and oxygen atoms in total. The first kappa shape index (κ1) is 14.2. The Hall–Kier alpha value is -2.18. The Morgan fingerprint density at radius 3 is 2.40 bits per heavy atom. The van der Waals surface area contributed by atoms with Gasteiger partial charge >= 0.3 is 0 Å². The molecule has 3 heteroatoms. The maximum absolute atomic E-state index is 8.55. The van der Waals surface area contributed by atoms with Crippen LogP contribution in [-0.4, -0.2) is 11.5 Å². The first-order valence-electron chi connectivity index (χ1n) is 6.97. The van der Waals surface area contributed by atoms with Crippen LogP contribution >= 0.6 is 0 Å². The number of nitrogens with zero attached hydrogens (tertiary/aromatic N) is 2. The van der Waals surface area contributed by atoms with Crippen LogP contribution in [0.25, 0.3) is 0 Å². The zero-order valence-electron chi connectivity index (χ0n) is 11.5. The van der Waals surface area contributed by atoms with Gasteiger partial charge in [0.1, 0.15) is 0 Å². The van der Waals surface area contributed by atoms with Crippen LogP contribution < -0.4 is 5.32 Å². The van der Waals surface area contributed by atoms with Gasteiger partial charge in [0, 0.05) is 18.8 Å². The van der Waals surface area contributed by atoms with Gasteiger partial charge in [0.2, 0.25) is 0 Å². The van der Waals surface area contributed by atoms with Crippen molar-refractivity contribution in [3.63, 3.8) is 0 Å². The van der Waals surface area contributed by atoms with Crippen molar-refractivity contribution in [1.82, 2.24) is 10.3 Å². The fraction of sp³-hybridized carbons (Fsp3) is 0.294. The third-order valence-electron chi connectivity index (χ3n) is 3.24. The molecule has 1 aromatic carbocycles. The SMILES string of the molecule is N#CCCCCNC(c1ccccc1)c1ccncc1. The predicted molar refractivity (Wildman–Crippen MR) is 80.0 cm³/mol. The molecule has 0 aliphatic heterocycles. The Balaban J connectivity index is 2.04. The fourth-order valence-electron chi connectivity index (χ4n) is 2.20. The minimum Gasteiger partial charge on any atom is -0.306 e. The van der Waals surface area contributed by atoms with Gasteiger partial charge in [-0.2, -0.15) is 5.26 Å². The van der Waals surface area contributed by atoms with Crippen molar-refractivity contribution in [2.24, 2.45) is 0 Å². The molecule has 0 bridgehead atoms. The first-order chi connectivity index (χ1) is 9.92. The lowest BCUT2D eigenvalue weighted by molar-refractivity contribution is 0.571. The molecule has 20 heavy (non-hydrogen) atoms. The standard InChI is InChI=1S/C17H19N3/c18-11-5-2-6-12-20-17(15-7-3-1-4-8-15)16-9-13-19-14-10-16/h1,3-4,7-10,13-14,17,20H,2,5-6,12H2. The molecule has 0 radical (unpaired) electrons. The van der Waals surface area contributed by atoms with Gasteiger partial charge in [0.05, 0.1) is 12.1 Å². The van der Waals surface area contributed by atoms with Crippen LogP contribution in [-0.2, 0) is 0 Å². The second kappa shape index (κ2) is 8.08. The molecule has 0 aliphatic carbocycles. The van der Waals surface area contributed by atoms with E-state index in [4.69, 9.17) is 5.26 Å². The van der Waals surface area contributed by atoms with Crippen molar-refractivity contribution >= 4 is 0 Å². The predicted octanol–water partition coefficient (Wildman–Crippen LogP) is 3.45. The van der Waals surface area contributed by atoms with Crippen molar-refractivity contribution in [2.45, 2.75) is 25.3 Å². The highest BCUT2D eigenvalue weighted by molar-refractivity contribution is 5.30. The molecule has 0 aliphatic rings. The van der Waals surface area contributed by atoms with Crippen molar-refractivity contribution in [3.8, 4) is 6.07 Å². The highest BCUT2D eigenvalue weighted by atomic mass is 14.9. The zero-order chi connectivity index (χ0) is 14.0. The molecule has 2 rings (SSSR count). The van der Waals surface area contributed by atoms with Crippen LogP contribution in [0.2, 0.25) is 0 Å². The molecule has 1 atom stereocenters. The topological polar surface area (TPSA) is 48.7 Å². The van der Waals surface area contributed by atoms with E-state index in [0.717, 1.165) is 19.4 Å². The van der Waals surface area contributed by atoms with E-state index in [1.54, 1.807) is 0 Å². The maximum atomic E-state index is 8.55. The van der Waals surface area contributed by atoms with Gasteiger partial charge in [-0.05, 0) is 42.6 Å². The number of benzene rings is 1. The second-order valence-corrected chi connectivity index (χ2v) is 4.69. The first-order valence-corrected chi connectivity index (χ1v) is 6.97. The quantitative estimate of drug-likeness (QED) is 0.780. The van der Waals surface area contributed by atoms with Gasteiger partial charge in [0.15, 0.2) is 0 Å². The number of unbranched alkanes of at least 4 members (excludes halogenated alkanes) is 2. The molecular weight excluding hydrogens is 246 g/mol. The molecule has 0 fully saturated rings. The minimum absolute atomic E-state index is 0.182. The molecule has 0 saturated heterocycles. The molecule has 0 amide bonds. The summed E-state index contributed by atoms with van der Waals surface area (Å²) in [5, 5.41) is 12.1. The number of hydrogen-bond acceptors (Lipinski definition) is 3. The van der Waals surface area contributed by atoms with Gasteiger partial charge in [-0.25, -0.2) is 0 Å². The van der Waals surface area contributed by atoms with Gasteiger partial charge in [-0.15, -0.1) is 0 Å². The lowest BCUT2D eigenvalue weighted by Crippen LogP contribution is -2.23. The van der Waals surface area contributed by atoms with E-state index in [0.29, 0.717) is 6.42 Å². The number of rotatable bonds is 7. The average molecular weight is 265 g/mol. The summed E-state index contributed by atoms with van der Waals surface area (Å²) in [5.74, 6) is 0. The Bertz CT molecular complexity index is 492. The maximum Gasteiger partial charge on any atom is 0.0621 e. The van der Waals surface area contributed by atoms with Crippen LogP contribution in [0.3, 0.4) is 0 Å². The molecule has 2 aromatic rings. The summed E-state index contributed by atoms with van der Waals surface area (Å²) < 4.78 is 0. The zero-order valence-corrected chi connectivity index (χ0v) is 11.5. The number of pyridine rings is 1. The molecule has 1 aromatic heterocycles. The fourth-order valence-corrected chi connectivity index (χ4v) is 2.20. The highest BCUT2D eigenvalue weighted by Gasteiger charge is 2.12. The molecule has 1 unspecified atom stereocenters. The summed E-state index contributed by atoms with van der Waals surface area (Å²) in [6.07, 6.45) is 6.24. The number of hydrogen-bond donors (Lipinski definition) is 1. The Kier molecular flexibility index (Phi) is 5.75. The van der Waals surface area contributed by atoms with Crippen molar-refractivity contribution < 1.29 is 0 Å². The lowest BCUT2D eigenvalue weighted by Gasteiger charge is -2.19. The van der Waals surface area contributed by atoms with E-state index < -0.39 is 0 Å². The molecular formula is C17H19N3. The van der Waals surface area contributed by atoms with Crippen molar-refractivity contribution in [2.75, 3.05) is 6.54 Å². The van der Waals surface area contributed by atoms with E-state index in [1.165, 1.54) is 11.1 Å². The largest absolute Gasteiger partial charge is 0.306 e. The number of aromatic nitrogens is 1. The van der Waals surface area contributed by atoms with Gasteiger partial charge < -0.3 is 5.32 Å². The van der Waals surface area contributed by atoms with Gasteiger partial charge in [-0.3, -0.25) is 4.98 Å². The Morgan fingerprint density at radius 2 is 1.70 bits per heavy atom. The molecule has 0 spiro atoms. The van der Waals surface area contributed by atoms with E-state index in [-0.39, 0.29) is 6.04 Å². The van der Waals surface area contributed by atoms with Crippen LogP contribution in [0.15, 0.2) is 54.9 Å². The van der Waals surface area contributed by atoms with E-state index in [2.05, 4.69) is 40.6 Å². The van der Waals surface area contributed by atoms with Gasteiger partial charge in [-0.1, -0.05) is 30.3 Å². The Labute approximate surface area is 120 Å². The summed E-state index contributed by atoms with van der Waals surface area (Å²) in [4.78, 5) is 4.08. The van der Waals surface area contributed by atoms with Crippen molar-refractivity contribution in [1.29, 1.82) is 5.26 Å². The molecule has 1 N–H and O–H groups in total. The minimum atomic E-state index is 0.182. The monoisotopic (exact) mass is 265 g/mol. The summed E-state index contributed by atoms with van der Waals surface area (Å²) >= 11 is 0. The molecule has 102 valence electrons. The summed E-state index contributed by atoms with van der Waals surface area (Å²) in [7, 11) is 0. The average Bonchev–Trinajstić information content (AvgIpc) is 2.53. The second-order valence-electron chi connectivity index (χ2n) is 4.69. The van der Waals surface area contributed by atoms with Crippen LogP contribution in [0.4, 0.5) is 0 Å². The number of nitrogens with one attached hydrogen (secondary N) is 1. The molecule has 0 saturated carbocycles.